The summed E-state index contributed by atoms with van der Waals surface area (Å²) >= 11 is 0. The van der Waals surface area contributed by atoms with Crippen molar-refractivity contribution >= 4 is 20.8 Å². The van der Waals surface area contributed by atoms with E-state index in [9.17, 15) is 23.8 Å². The van der Waals surface area contributed by atoms with Gasteiger partial charge in [0.15, 0.2) is 0 Å². The molecule has 0 amide bonds. The molecule has 0 fully saturated rings. The van der Waals surface area contributed by atoms with Gasteiger partial charge in [0.05, 0.1) is 12.5 Å². The Morgan fingerprint density at radius 3 is 2.23 bits per heavy atom. The Morgan fingerprint density at radius 2 is 1.73 bits per heavy atom. The van der Waals surface area contributed by atoms with Gasteiger partial charge in [0, 0.05) is 12.1 Å². The fraction of sp³-hybridized carbons (Fsp3) is 0.529. The van der Waals surface area contributed by atoms with Gasteiger partial charge in [-0.1, -0.05) is 38.3 Å². The van der Waals surface area contributed by atoms with Crippen molar-refractivity contribution < 1.29 is 122 Å². The molecule has 13 heteroatoms. The molecule has 0 aliphatic heterocycles. The minimum absolute atomic E-state index is 0. The van der Waals surface area contributed by atoms with Gasteiger partial charge in [-0.2, -0.15) is 0 Å². The molecule has 8 nitrogen and oxygen atoms in total. The molecule has 0 aliphatic carbocycles. The van der Waals surface area contributed by atoms with Crippen LogP contribution in [0.1, 0.15) is 31.7 Å². The Morgan fingerprint density at radius 1 is 1.17 bits per heavy atom. The molecular formula is C17H26NNa3O7P2. The Kier molecular flexibility index (Phi) is 21.3. The topological polar surface area (TPSA) is 136 Å². The van der Waals surface area contributed by atoms with Gasteiger partial charge in [0.1, 0.15) is 13.3 Å². The van der Waals surface area contributed by atoms with Crippen molar-refractivity contribution in [3.63, 3.8) is 0 Å². The second-order valence-electron chi connectivity index (χ2n) is 6.43. The smallest absolute Gasteiger partial charge is 0.810 e. The van der Waals surface area contributed by atoms with Gasteiger partial charge in [0.25, 0.3) is 0 Å². The zero-order chi connectivity index (χ0) is 20.7. The Labute approximate surface area is 245 Å². The summed E-state index contributed by atoms with van der Waals surface area (Å²) in [5.74, 6) is 0.783. The molecule has 2 unspecified atom stereocenters. The molecule has 30 heavy (non-hydrogen) atoms. The summed E-state index contributed by atoms with van der Waals surface area (Å²) in [5, 5.41) is -2.25. The molecule has 0 bridgehead atoms. The molecule has 0 spiro atoms. The minimum Gasteiger partial charge on any atom is -0.810 e. The third-order valence-electron chi connectivity index (χ3n) is 4.23. The third kappa shape index (κ3) is 13.7. The molecular weight excluding hydrogens is 461 g/mol. The predicted octanol–water partition coefficient (Wildman–Crippen LogP) is -8.00. The maximum atomic E-state index is 11.1. The van der Waals surface area contributed by atoms with E-state index in [4.69, 9.17) is 9.63 Å². The Hall–Kier alpha value is 2.02. The first kappa shape index (κ1) is 36.6. The van der Waals surface area contributed by atoms with E-state index in [1.807, 2.05) is 49.2 Å². The fourth-order valence-corrected chi connectivity index (χ4v) is 5.11. The van der Waals surface area contributed by atoms with Gasteiger partial charge in [-0.15, -0.1) is 0 Å². The first-order valence-corrected chi connectivity index (χ1v) is 11.8. The summed E-state index contributed by atoms with van der Waals surface area (Å²) < 4.78 is 27.4. The molecule has 0 saturated heterocycles. The van der Waals surface area contributed by atoms with Crippen molar-refractivity contribution in [3.05, 3.63) is 35.9 Å². The summed E-state index contributed by atoms with van der Waals surface area (Å²) in [4.78, 5) is 43.9. The zero-order valence-corrected chi connectivity index (χ0v) is 26.5. The van der Waals surface area contributed by atoms with E-state index < -0.39 is 27.0 Å². The predicted molar refractivity (Wildman–Crippen MR) is 99.2 cm³/mol. The molecule has 0 aromatic heterocycles. The molecule has 1 aromatic rings. The third-order valence-corrected chi connectivity index (χ3v) is 7.96. The van der Waals surface area contributed by atoms with Crippen molar-refractivity contribution in [2.45, 2.75) is 31.6 Å². The van der Waals surface area contributed by atoms with Crippen molar-refractivity contribution in [1.82, 2.24) is 4.90 Å². The SMILES string of the molecule is COc1ccccc1/C(C)=C/CN(C)CCCCC(P(=O)([O-])[O-])P(=O)([O-])O.[Na+].[Na+].[Na+]. The molecule has 0 saturated carbocycles. The number of benzene rings is 1. The number of nitrogens with zero attached hydrogens (tertiary/aromatic N) is 1. The number of hydrogen-bond acceptors (Lipinski definition) is 7. The van der Waals surface area contributed by atoms with E-state index in [0.29, 0.717) is 19.5 Å². The monoisotopic (exact) mass is 487 g/mol. The molecule has 0 aliphatic rings. The van der Waals surface area contributed by atoms with E-state index in [0.717, 1.165) is 16.9 Å². The van der Waals surface area contributed by atoms with Crippen LogP contribution in [0.4, 0.5) is 0 Å². The van der Waals surface area contributed by atoms with Crippen LogP contribution in [-0.2, 0) is 9.13 Å². The number of rotatable bonds is 11. The van der Waals surface area contributed by atoms with Gasteiger partial charge in [-0.05, 0) is 45.0 Å². The van der Waals surface area contributed by atoms with Crippen LogP contribution in [0.2, 0.25) is 0 Å². The maximum Gasteiger partial charge on any atom is 1.00 e. The fourth-order valence-electron chi connectivity index (χ4n) is 2.67. The van der Waals surface area contributed by atoms with Crippen molar-refractivity contribution in [3.8, 4) is 5.75 Å². The summed E-state index contributed by atoms with van der Waals surface area (Å²) in [6, 6.07) is 7.67. The van der Waals surface area contributed by atoms with Gasteiger partial charge in [0.2, 0.25) is 0 Å². The molecule has 1 N–H and O–H groups in total. The number of allylic oxidation sites excluding steroid dienone is 1. The molecule has 1 rings (SSSR count). The van der Waals surface area contributed by atoms with E-state index >= 15 is 0 Å². The van der Waals surface area contributed by atoms with E-state index in [1.165, 1.54) is 0 Å². The second kappa shape index (κ2) is 17.5. The van der Waals surface area contributed by atoms with E-state index in [1.54, 1.807) is 7.11 Å². The molecule has 1 aromatic carbocycles. The van der Waals surface area contributed by atoms with Crippen LogP contribution in [0.25, 0.3) is 5.57 Å². The van der Waals surface area contributed by atoms with Crippen molar-refractivity contribution in [2.24, 2.45) is 0 Å². The van der Waals surface area contributed by atoms with Crippen LogP contribution >= 0.6 is 15.2 Å². The number of methoxy groups -OCH3 is 1. The van der Waals surface area contributed by atoms with Crippen molar-refractivity contribution in [2.75, 3.05) is 27.2 Å². The zero-order valence-electron chi connectivity index (χ0n) is 18.7. The average molecular weight is 487 g/mol. The standard InChI is InChI=1S/C17H29NO7P2.3Na/c1-14(15-8-4-5-9-16(15)25-3)11-13-18(2)12-7-6-10-17(26(19,20)21)27(22,23)24;;;/h4-5,8-9,11,17H,6-7,10,12-13H2,1-3H3,(H2,19,20,21)(H2,22,23,24);;;/q;3*+1/p-3/b14-11+;;;. The van der Waals surface area contributed by atoms with Gasteiger partial charge < -0.3 is 38.3 Å². The van der Waals surface area contributed by atoms with Crippen LogP contribution in [0.15, 0.2) is 30.3 Å². The number of likely N-dealkylation sites (N-methyl/N-ethyl adjacent to an activating group) is 1. The minimum atomic E-state index is -5.39. The normalized spacial score (nSPS) is 14.6. The van der Waals surface area contributed by atoms with Crippen molar-refractivity contribution in [1.29, 1.82) is 0 Å². The largest absolute Gasteiger partial charge is 1.00 e. The summed E-state index contributed by atoms with van der Waals surface area (Å²) in [5.41, 5.74) is 2.04. The van der Waals surface area contributed by atoms with E-state index in [-0.39, 0.29) is 95.1 Å². The molecule has 154 valence electrons. The Balaban J connectivity index is -0.00000243. The molecule has 0 heterocycles. The number of hydrogen-bond donors (Lipinski definition) is 1. The van der Waals surface area contributed by atoms with Crippen LogP contribution in [0.3, 0.4) is 0 Å². The number of para-hydroxylation sites is 1. The van der Waals surface area contributed by atoms with Crippen LogP contribution < -0.4 is 108 Å². The van der Waals surface area contributed by atoms with Crippen LogP contribution in [0.5, 0.6) is 5.75 Å². The maximum absolute atomic E-state index is 11.1. The van der Waals surface area contributed by atoms with Gasteiger partial charge >= 0.3 is 88.7 Å². The Bertz CT molecular complexity index is 718. The average Bonchev–Trinajstić information content (AvgIpc) is 2.57. The number of ether oxygens (including phenoxy) is 1. The molecule has 0 radical (unpaired) electrons. The summed E-state index contributed by atoms with van der Waals surface area (Å²) in [6.45, 7) is 3.19. The first-order chi connectivity index (χ1) is 12.5. The number of unbranched alkanes of at least 4 members (excludes halogenated alkanes) is 1. The summed E-state index contributed by atoms with van der Waals surface area (Å²) in [7, 11) is -7.10. The van der Waals surface area contributed by atoms with Crippen LogP contribution in [0, 0.1) is 0 Å². The van der Waals surface area contributed by atoms with E-state index in [2.05, 4.69) is 0 Å². The quantitative estimate of drug-likeness (QED) is 0.185. The van der Waals surface area contributed by atoms with Crippen LogP contribution in [-0.4, -0.2) is 42.4 Å². The molecule has 2 atom stereocenters. The second-order valence-corrected chi connectivity index (χ2v) is 10.3. The van der Waals surface area contributed by atoms with Gasteiger partial charge in [-0.25, -0.2) is 0 Å². The van der Waals surface area contributed by atoms with Gasteiger partial charge in [-0.3, -0.25) is 0 Å². The first-order valence-electron chi connectivity index (χ1n) is 8.50. The summed E-state index contributed by atoms with van der Waals surface area (Å²) in [6.07, 6.45) is 2.33.